The third-order valence-corrected chi connectivity index (χ3v) is 0. The van der Waals surface area contributed by atoms with Gasteiger partial charge in [-0.3, -0.25) is 0 Å². The fourth-order valence-electron chi connectivity index (χ4n) is 0. The van der Waals surface area contributed by atoms with Gasteiger partial charge in [0.2, 0.25) is 0 Å². The summed E-state index contributed by atoms with van der Waals surface area (Å²) in [5, 5.41) is 0. The Morgan fingerprint density at radius 2 is 1.25 bits per heavy atom. The summed E-state index contributed by atoms with van der Waals surface area (Å²) < 4.78 is 0. The number of rotatable bonds is 0. The minimum atomic E-state index is 0. The fourth-order valence-corrected chi connectivity index (χ4v) is 0. The molecule has 0 aliphatic heterocycles. The van der Waals surface area contributed by atoms with Crippen LogP contribution < -0.4 is 29.6 Å². The molecule has 0 fully saturated rings. The molecule has 0 amide bonds. The summed E-state index contributed by atoms with van der Waals surface area (Å²) in [6.07, 6.45) is 0. The molecule has 0 rings (SSSR count). The van der Waals surface area contributed by atoms with Crippen molar-refractivity contribution >= 4 is 53.1 Å². The molecule has 0 aliphatic carbocycles. The van der Waals surface area contributed by atoms with Crippen LogP contribution in [0.2, 0.25) is 0 Å². The molecule has 0 bridgehead atoms. The van der Waals surface area contributed by atoms with Crippen molar-refractivity contribution in [2.45, 2.75) is 0 Å². The van der Waals surface area contributed by atoms with E-state index >= 15 is 0 Å². The Labute approximate surface area is 109 Å². The van der Waals surface area contributed by atoms with Gasteiger partial charge in [0, 0.05) is 80.8 Å². The fraction of sp³-hybridized carbons (Fsp3) is 0. The second-order valence-electron chi connectivity index (χ2n) is 0. The molecule has 0 N–H and O–H groups in total. The Kier molecular flexibility index (Phi) is 100.0. The first-order valence-corrected chi connectivity index (χ1v) is 0. The molecule has 4 radical (unpaired) electrons. The van der Waals surface area contributed by atoms with Crippen molar-refractivity contribution in [2.24, 2.45) is 0 Å². The average Bonchev–Trinajstić information content (AvgIpc) is 0. The molecule has 0 atom stereocenters. The van der Waals surface area contributed by atoms with Crippen LogP contribution in [0.1, 0.15) is 1.43 Å². The van der Waals surface area contributed by atoms with Crippen LogP contribution >= 0.6 is 0 Å². The summed E-state index contributed by atoms with van der Waals surface area (Å²) in [5.41, 5.74) is 0. The predicted octanol–water partition coefficient (Wildman–Crippen LogP) is -3.65. The van der Waals surface area contributed by atoms with Gasteiger partial charge in [0.15, 0.2) is 0 Å². The molecule has 4 heteroatoms. The largest absolute Gasteiger partial charge is 1.00 e. The first kappa shape index (κ1) is 25.2. The quantitative estimate of drug-likeness (QED) is 0.277. The van der Waals surface area contributed by atoms with Crippen LogP contribution in [0, 0.1) is 0 Å². The topological polar surface area (TPSA) is 0 Å². The summed E-state index contributed by atoms with van der Waals surface area (Å²) in [6.45, 7) is 0. The van der Waals surface area contributed by atoms with Crippen molar-refractivity contribution in [3.05, 3.63) is 0 Å². The van der Waals surface area contributed by atoms with Crippen LogP contribution in [0.25, 0.3) is 0 Å². The van der Waals surface area contributed by atoms with Crippen molar-refractivity contribution < 1.29 is 58.7 Å². The van der Waals surface area contributed by atoms with E-state index in [2.05, 4.69) is 0 Å². The molecule has 0 aromatic heterocycles. The van der Waals surface area contributed by atoms with E-state index in [4.69, 9.17) is 0 Å². The van der Waals surface area contributed by atoms with E-state index in [-0.39, 0.29) is 112 Å². The first-order chi connectivity index (χ1) is 0. The van der Waals surface area contributed by atoms with Crippen LogP contribution in [0.3, 0.4) is 0 Å². The van der Waals surface area contributed by atoms with Crippen LogP contribution in [-0.4, -0.2) is 53.1 Å². The van der Waals surface area contributed by atoms with Crippen molar-refractivity contribution in [3.63, 3.8) is 0 Å². The van der Waals surface area contributed by atoms with Crippen molar-refractivity contribution in [3.8, 4) is 0 Å². The molecular weight excluding hydrogens is 543 g/mol. The first-order valence-electron chi connectivity index (χ1n) is 0. The van der Waals surface area contributed by atoms with E-state index in [1.54, 1.807) is 0 Å². The zero-order chi connectivity index (χ0) is 0. The summed E-state index contributed by atoms with van der Waals surface area (Å²) in [7, 11) is 0. The van der Waals surface area contributed by atoms with E-state index in [9.17, 15) is 0 Å². The van der Waals surface area contributed by atoms with Gasteiger partial charge >= 0.3 is 29.6 Å². The smallest absolute Gasteiger partial charge is 1.00 e. The van der Waals surface area contributed by atoms with Crippen LogP contribution in [0.4, 0.5) is 0 Å². The van der Waals surface area contributed by atoms with Crippen LogP contribution in [0.15, 0.2) is 0 Å². The molecule has 0 saturated heterocycles. The van der Waals surface area contributed by atoms with E-state index in [0.717, 1.165) is 0 Å². The summed E-state index contributed by atoms with van der Waals surface area (Å²) in [4.78, 5) is 0. The van der Waals surface area contributed by atoms with Gasteiger partial charge in [-0.1, -0.05) is 0 Å². The zero-order valence-electron chi connectivity index (χ0n) is 3.86. The Hall–Kier alpha value is 3.73. The van der Waals surface area contributed by atoms with Gasteiger partial charge in [0.25, 0.3) is 0 Å². The van der Waals surface area contributed by atoms with Gasteiger partial charge in [0.1, 0.15) is 0 Å². The summed E-state index contributed by atoms with van der Waals surface area (Å²) >= 11 is 0. The maximum Gasteiger partial charge on any atom is 1.00 e. The van der Waals surface area contributed by atoms with E-state index in [1.165, 1.54) is 0 Å². The zero-order valence-corrected chi connectivity index (χ0v) is 18.1. The molecule has 0 unspecified atom stereocenters. The van der Waals surface area contributed by atoms with Crippen LogP contribution in [-0.2, 0) is 27.7 Å². The number of hydrogen-bond acceptors (Lipinski definition) is 0. The molecule has 0 aromatic rings. The maximum atomic E-state index is 0. The van der Waals surface area contributed by atoms with Gasteiger partial charge in [-0.15, -0.1) is 0 Å². The number of hydrogen-bond donors (Lipinski definition) is 0. The molecule has 0 saturated carbocycles. The van der Waals surface area contributed by atoms with Crippen molar-refractivity contribution in [2.75, 3.05) is 0 Å². The third kappa shape index (κ3) is 9.21. The van der Waals surface area contributed by atoms with Gasteiger partial charge in [-0.25, -0.2) is 0 Å². The van der Waals surface area contributed by atoms with Gasteiger partial charge in [-0.2, -0.15) is 0 Å². The molecule has 0 aliphatic rings. The second-order valence-corrected chi connectivity index (χ2v) is 0. The molecule has 0 spiro atoms. The third-order valence-electron chi connectivity index (χ3n) is 0. The molecule has 0 aromatic carbocycles. The summed E-state index contributed by atoms with van der Waals surface area (Å²) in [5.74, 6) is 0. The molecule has 4 heavy (non-hydrogen) atoms. The van der Waals surface area contributed by atoms with E-state index in [0.29, 0.717) is 0 Å². The minimum absolute atomic E-state index is 0. The van der Waals surface area contributed by atoms with E-state index < -0.39 is 0 Å². The molecule has 10 valence electrons. The Morgan fingerprint density at radius 1 is 1.25 bits per heavy atom. The molecule has 0 nitrogen and oxygen atoms in total. The minimum Gasteiger partial charge on any atom is -1.00 e. The average molecular weight is 544 g/mol. The summed E-state index contributed by atoms with van der Waals surface area (Å²) in [6, 6.07) is 0. The normalized spacial score (nSPS) is 0. The maximum absolute atomic E-state index is 0. The van der Waals surface area contributed by atoms with Gasteiger partial charge in [-0.05, 0) is 0 Å². The Morgan fingerprint density at radius 3 is 1.25 bits per heavy atom. The standard InChI is InChI=1S/Hg.In.Na.Tl.H/q;;+1;;-1. The molecule has 0 heterocycles. The van der Waals surface area contributed by atoms with Crippen molar-refractivity contribution in [1.82, 2.24) is 0 Å². The van der Waals surface area contributed by atoms with Gasteiger partial charge in [0.05, 0.1) is 0 Å². The predicted molar refractivity (Wildman–Crippen MR) is 12.6 cm³/mol. The molecular formula is HHgInNaTl. The van der Waals surface area contributed by atoms with E-state index in [1.807, 2.05) is 0 Å². The second kappa shape index (κ2) is 15.9. The Bertz CT molecular complexity index is 11.6. The van der Waals surface area contributed by atoms with Crippen molar-refractivity contribution in [1.29, 1.82) is 0 Å². The monoisotopic (exact) mass is 546 g/mol. The SMILES string of the molecule is [H-].[Hg].[In].[Na+].[Tl]. The van der Waals surface area contributed by atoms with Gasteiger partial charge < -0.3 is 1.43 Å². The van der Waals surface area contributed by atoms with Crippen LogP contribution in [0.5, 0.6) is 0 Å². The Balaban J connectivity index is 0.